The first-order chi connectivity index (χ1) is 9.61. The molecule has 0 aliphatic heterocycles. The van der Waals surface area contributed by atoms with Crippen LogP contribution in [-0.4, -0.2) is 17.2 Å². The summed E-state index contributed by atoms with van der Waals surface area (Å²) in [6, 6.07) is 8.84. The fourth-order valence-electron chi connectivity index (χ4n) is 3.60. The molecule has 0 aromatic heterocycles. The summed E-state index contributed by atoms with van der Waals surface area (Å²) >= 11 is 1.65. The van der Waals surface area contributed by atoms with Crippen LogP contribution in [0.1, 0.15) is 38.2 Å². The average Bonchev–Trinajstić information content (AvgIpc) is 3.03. The van der Waals surface area contributed by atoms with Gasteiger partial charge in [0.1, 0.15) is 0 Å². The fraction of sp³-hybridized carbons (Fsp3) is 0.588. The second-order valence-electron chi connectivity index (χ2n) is 6.36. The summed E-state index contributed by atoms with van der Waals surface area (Å²) in [6.07, 6.45) is 5.24. The van der Waals surface area contributed by atoms with Crippen LogP contribution in [0.4, 0.5) is 0 Å². The highest BCUT2D eigenvalue weighted by atomic mass is 32.2. The highest BCUT2D eigenvalue weighted by Crippen LogP contribution is 2.44. The lowest BCUT2D eigenvalue weighted by molar-refractivity contribution is -0.121. The van der Waals surface area contributed by atoms with Gasteiger partial charge in [0, 0.05) is 10.9 Å². The van der Waals surface area contributed by atoms with E-state index in [-0.39, 0.29) is 11.2 Å². The first-order valence-electron chi connectivity index (χ1n) is 7.65. The van der Waals surface area contributed by atoms with Crippen LogP contribution in [0.2, 0.25) is 0 Å². The number of hydrogen-bond acceptors (Lipinski definition) is 2. The van der Waals surface area contributed by atoms with Gasteiger partial charge in [-0.25, -0.2) is 0 Å². The van der Waals surface area contributed by atoms with Crippen molar-refractivity contribution in [1.29, 1.82) is 0 Å². The van der Waals surface area contributed by atoms with Gasteiger partial charge >= 0.3 is 0 Å². The standard InChI is InChI=1S/C17H23NOS/c1-11-3-7-15(8-4-11)20-12(2)17(19)18-16-10-13-5-6-14(16)9-13/h3-4,7-8,12-14,16H,5-6,9-10H2,1-2H3,(H,18,19)/t12-,13+,14+,16+/m1/s1. The molecule has 20 heavy (non-hydrogen) atoms. The molecule has 1 aromatic rings. The van der Waals surface area contributed by atoms with Gasteiger partial charge in [-0.3, -0.25) is 4.79 Å². The number of carbonyl (C=O) groups is 1. The summed E-state index contributed by atoms with van der Waals surface area (Å²) in [7, 11) is 0. The van der Waals surface area contributed by atoms with Crippen molar-refractivity contribution in [2.75, 3.05) is 0 Å². The van der Waals surface area contributed by atoms with E-state index >= 15 is 0 Å². The minimum atomic E-state index is -0.0168. The number of nitrogens with one attached hydrogen (secondary N) is 1. The average molecular weight is 289 g/mol. The lowest BCUT2D eigenvalue weighted by atomic mass is 9.95. The number of carbonyl (C=O) groups excluding carboxylic acids is 1. The molecule has 2 fully saturated rings. The second-order valence-corrected chi connectivity index (χ2v) is 7.78. The Kier molecular flexibility index (Phi) is 4.06. The minimum Gasteiger partial charge on any atom is -0.352 e. The maximum absolute atomic E-state index is 12.3. The van der Waals surface area contributed by atoms with Crippen molar-refractivity contribution in [2.24, 2.45) is 11.8 Å². The number of fused-ring (bicyclic) bond motifs is 2. The molecule has 3 heteroatoms. The number of thioether (sulfide) groups is 1. The molecule has 2 aliphatic carbocycles. The van der Waals surface area contributed by atoms with Crippen LogP contribution in [0.5, 0.6) is 0 Å². The molecule has 1 N–H and O–H groups in total. The molecule has 4 atom stereocenters. The van der Waals surface area contributed by atoms with E-state index < -0.39 is 0 Å². The normalized spacial score (nSPS) is 29.4. The number of hydrogen-bond donors (Lipinski definition) is 1. The Balaban J connectivity index is 1.53. The van der Waals surface area contributed by atoms with E-state index in [2.05, 4.69) is 36.5 Å². The molecule has 3 rings (SSSR count). The summed E-state index contributed by atoms with van der Waals surface area (Å²) in [5, 5.41) is 3.27. The number of aryl methyl sites for hydroxylation is 1. The van der Waals surface area contributed by atoms with Crippen LogP contribution in [0.25, 0.3) is 0 Å². The van der Waals surface area contributed by atoms with Crippen LogP contribution < -0.4 is 5.32 Å². The Morgan fingerprint density at radius 1 is 1.25 bits per heavy atom. The zero-order valence-corrected chi connectivity index (χ0v) is 13.1. The van der Waals surface area contributed by atoms with Gasteiger partial charge in [-0.1, -0.05) is 24.1 Å². The Morgan fingerprint density at radius 2 is 2.00 bits per heavy atom. The Morgan fingerprint density at radius 3 is 2.60 bits per heavy atom. The smallest absolute Gasteiger partial charge is 0.233 e. The molecular weight excluding hydrogens is 266 g/mol. The molecule has 0 unspecified atom stereocenters. The lowest BCUT2D eigenvalue weighted by Crippen LogP contribution is -2.42. The summed E-state index contributed by atoms with van der Waals surface area (Å²) in [5.41, 5.74) is 1.26. The van der Waals surface area contributed by atoms with Gasteiger partial charge in [-0.15, -0.1) is 11.8 Å². The largest absolute Gasteiger partial charge is 0.352 e. The lowest BCUT2D eigenvalue weighted by Gasteiger charge is -2.24. The molecule has 2 aliphatic rings. The number of amides is 1. The third-order valence-electron chi connectivity index (χ3n) is 4.77. The Labute approximate surface area is 125 Å². The van der Waals surface area contributed by atoms with Crippen LogP contribution in [-0.2, 0) is 4.79 Å². The molecule has 108 valence electrons. The quantitative estimate of drug-likeness (QED) is 0.855. The van der Waals surface area contributed by atoms with Crippen molar-refractivity contribution in [2.45, 2.75) is 55.7 Å². The van der Waals surface area contributed by atoms with Crippen molar-refractivity contribution in [3.8, 4) is 0 Å². The van der Waals surface area contributed by atoms with Crippen molar-refractivity contribution in [3.05, 3.63) is 29.8 Å². The summed E-state index contributed by atoms with van der Waals surface area (Å²) in [5.74, 6) is 1.83. The highest BCUT2D eigenvalue weighted by Gasteiger charge is 2.40. The van der Waals surface area contributed by atoms with E-state index in [1.165, 1.54) is 36.1 Å². The van der Waals surface area contributed by atoms with Crippen molar-refractivity contribution in [3.63, 3.8) is 0 Å². The Hall–Kier alpha value is -0.960. The summed E-state index contributed by atoms with van der Waals surface area (Å²) < 4.78 is 0. The highest BCUT2D eigenvalue weighted by molar-refractivity contribution is 8.00. The minimum absolute atomic E-state index is 0.0168. The predicted octanol–water partition coefficient (Wildman–Crippen LogP) is 3.78. The van der Waals surface area contributed by atoms with Gasteiger partial charge in [0.2, 0.25) is 5.91 Å². The third-order valence-corrected chi connectivity index (χ3v) is 5.88. The topological polar surface area (TPSA) is 29.1 Å². The number of rotatable bonds is 4. The fourth-order valence-corrected chi connectivity index (χ4v) is 4.47. The van der Waals surface area contributed by atoms with Crippen molar-refractivity contribution < 1.29 is 4.79 Å². The zero-order valence-electron chi connectivity index (χ0n) is 12.3. The molecular formula is C17H23NOS. The van der Waals surface area contributed by atoms with E-state index in [9.17, 15) is 4.79 Å². The van der Waals surface area contributed by atoms with Crippen LogP contribution in [0, 0.1) is 18.8 Å². The summed E-state index contributed by atoms with van der Waals surface area (Å²) in [4.78, 5) is 13.5. The van der Waals surface area contributed by atoms with E-state index in [0.29, 0.717) is 6.04 Å². The monoisotopic (exact) mass is 289 g/mol. The summed E-state index contributed by atoms with van der Waals surface area (Å²) in [6.45, 7) is 4.09. The molecule has 1 amide bonds. The molecule has 1 aromatic carbocycles. The van der Waals surface area contributed by atoms with E-state index in [0.717, 1.165) is 11.8 Å². The van der Waals surface area contributed by atoms with Gasteiger partial charge < -0.3 is 5.32 Å². The zero-order chi connectivity index (χ0) is 14.1. The molecule has 0 spiro atoms. The van der Waals surface area contributed by atoms with Crippen LogP contribution >= 0.6 is 11.8 Å². The van der Waals surface area contributed by atoms with Gasteiger partial charge in [-0.05, 0) is 57.1 Å². The van der Waals surface area contributed by atoms with Crippen LogP contribution in [0.15, 0.2) is 29.2 Å². The SMILES string of the molecule is Cc1ccc(S[C@H](C)C(=O)N[C@H]2C[C@H]3CC[C@H]2C3)cc1. The van der Waals surface area contributed by atoms with E-state index in [4.69, 9.17) is 0 Å². The van der Waals surface area contributed by atoms with Gasteiger partial charge in [-0.2, -0.15) is 0 Å². The molecule has 2 saturated carbocycles. The number of benzene rings is 1. The van der Waals surface area contributed by atoms with E-state index in [1.807, 2.05) is 6.92 Å². The predicted molar refractivity (Wildman–Crippen MR) is 83.9 cm³/mol. The van der Waals surface area contributed by atoms with Crippen molar-refractivity contribution >= 4 is 17.7 Å². The van der Waals surface area contributed by atoms with Gasteiger partial charge in [0.25, 0.3) is 0 Å². The van der Waals surface area contributed by atoms with E-state index in [1.54, 1.807) is 11.8 Å². The second kappa shape index (κ2) is 5.80. The molecule has 0 saturated heterocycles. The maximum atomic E-state index is 12.3. The Bertz CT molecular complexity index is 484. The maximum Gasteiger partial charge on any atom is 0.233 e. The van der Waals surface area contributed by atoms with Gasteiger partial charge in [0.05, 0.1) is 5.25 Å². The first kappa shape index (κ1) is 14.0. The molecule has 2 nitrogen and oxygen atoms in total. The van der Waals surface area contributed by atoms with Gasteiger partial charge in [0.15, 0.2) is 0 Å². The van der Waals surface area contributed by atoms with Crippen LogP contribution in [0.3, 0.4) is 0 Å². The molecule has 0 heterocycles. The molecule has 0 radical (unpaired) electrons. The molecule has 2 bridgehead atoms. The third kappa shape index (κ3) is 3.03. The first-order valence-corrected chi connectivity index (χ1v) is 8.53. The van der Waals surface area contributed by atoms with Crippen molar-refractivity contribution in [1.82, 2.24) is 5.32 Å².